The van der Waals surface area contributed by atoms with E-state index in [2.05, 4.69) is 9.71 Å². The average molecular weight is 236 g/mol. The lowest BCUT2D eigenvalue weighted by molar-refractivity contribution is 0.294. The minimum Gasteiger partial charge on any atom is -0.395 e. The van der Waals surface area contributed by atoms with Gasteiger partial charge in [-0.05, 0) is 6.92 Å². The second-order valence-electron chi connectivity index (χ2n) is 2.84. The number of thiazole rings is 1. The van der Waals surface area contributed by atoms with E-state index in [4.69, 9.17) is 5.11 Å². The van der Waals surface area contributed by atoms with Crippen LogP contribution in [0.5, 0.6) is 0 Å². The summed E-state index contributed by atoms with van der Waals surface area (Å²) < 4.78 is 25.1. The molecule has 7 heteroatoms. The Morgan fingerprint density at radius 1 is 1.71 bits per heavy atom. The Labute approximate surface area is 86.9 Å². The lowest BCUT2D eigenvalue weighted by Gasteiger charge is -2.09. The Balaban J connectivity index is 2.53. The van der Waals surface area contributed by atoms with Crippen LogP contribution >= 0.6 is 11.3 Å². The van der Waals surface area contributed by atoms with Crippen molar-refractivity contribution in [2.24, 2.45) is 0 Å². The molecule has 0 saturated carbocycles. The van der Waals surface area contributed by atoms with Crippen molar-refractivity contribution < 1.29 is 13.5 Å². The Bertz CT molecular complexity index is 360. The minimum atomic E-state index is -3.42. The van der Waals surface area contributed by atoms with Gasteiger partial charge in [0.1, 0.15) is 0 Å². The third-order valence-corrected chi connectivity index (χ3v) is 4.12. The van der Waals surface area contributed by atoms with Gasteiger partial charge in [-0.3, -0.25) is 0 Å². The monoisotopic (exact) mass is 236 g/mol. The van der Waals surface area contributed by atoms with E-state index >= 15 is 0 Å². The molecule has 0 bridgehead atoms. The molecule has 0 aliphatic carbocycles. The van der Waals surface area contributed by atoms with Crippen molar-refractivity contribution in [1.29, 1.82) is 0 Å². The van der Waals surface area contributed by atoms with Crippen LogP contribution in [0.3, 0.4) is 0 Å². The fraction of sp³-hybridized carbons (Fsp3) is 0.571. The van der Waals surface area contributed by atoms with Crippen LogP contribution in [0.2, 0.25) is 0 Å². The molecule has 1 unspecified atom stereocenters. The third-order valence-electron chi connectivity index (χ3n) is 1.72. The zero-order valence-electron chi connectivity index (χ0n) is 7.67. The standard InChI is InChI=1S/C7H12N2O3S2/c1-6(3-10)14(11,12)9-2-7-4-13-5-8-7/h4-6,9-10H,2-3H2,1H3. The van der Waals surface area contributed by atoms with Crippen molar-refractivity contribution in [2.45, 2.75) is 18.7 Å². The van der Waals surface area contributed by atoms with Crippen LogP contribution in [0.4, 0.5) is 0 Å². The first kappa shape index (κ1) is 11.6. The minimum absolute atomic E-state index is 0.177. The second-order valence-corrected chi connectivity index (χ2v) is 5.74. The quantitative estimate of drug-likeness (QED) is 0.751. The van der Waals surface area contributed by atoms with Gasteiger partial charge < -0.3 is 5.11 Å². The van der Waals surface area contributed by atoms with Gasteiger partial charge in [0.05, 0.1) is 29.6 Å². The molecule has 80 valence electrons. The van der Waals surface area contributed by atoms with Crippen LogP contribution in [-0.2, 0) is 16.6 Å². The first-order chi connectivity index (χ1) is 6.56. The predicted molar refractivity (Wildman–Crippen MR) is 54.4 cm³/mol. The fourth-order valence-corrected chi connectivity index (χ4v) is 2.13. The zero-order valence-corrected chi connectivity index (χ0v) is 9.31. The van der Waals surface area contributed by atoms with Gasteiger partial charge in [0.2, 0.25) is 10.0 Å². The molecule has 1 aromatic heterocycles. The number of hydrogen-bond donors (Lipinski definition) is 2. The van der Waals surface area contributed by atoms with Crippen molar-refractivity contribution in [2.75, 3.05) is 6.61 Å². The topological polar surface area (TPSA) is 79.3 Å². The Kier molecular flexibility index (Phi) is 3.99. The molecule has 2 N–H and O–H groups in total. The molecular weight excluding hydrogens is 224 g/mol. The SMILES string of the molecule is CC(CO)S(=O)(=O)NCc1cscn1. The highest BCUT2D eigenvalue weighted by Gasteiger charge is 2.19. The van der Waals surface area contributed by atoms with Crippen LogP contribution in [0, 0.1) is 0 Å². The smallest absolute Gasteiger partial charge is 0.216 e. The van der Waals surface area contributed by atoms with Gasteiger partial charge in [-0.25, -0.2) is 18.1 Å². The summed E-state index contributed by atoms with van der Waals surface area (Å²) >= 11 is 1.41. The normalized spacial score (nSPS) is 14.1. The molecule has 1 rings (SSSR count). The maximum absolute atomic E-state index is 11.4. The molecule has 0 aliphatic heterocycles. The molecule has 14 heavy (non-hydrogen) atoms. The summed E-state index contributed by atoms with van der Waals surface area (Å²) in [5.41, 5.74) is 2.32. The lowest BCUT2D eigenvalue weighted by Crippen LogP contribution is -2.34. The second kappa shape index (κ2) is 4.83. The Morgan fingerprint density at radius 3 is 2.93 bits per heavy atom. The molecule has 1 heterocycles. The van der Waals surface area contributed by atoms with E-state index in [1.807, 2.05) is 0 Å². The first-order valence-corrected chi connectivity index (χ1v) is 6.51. The number of aromatic nitrogens is 1. The average Bonchev–Trinajstić information content (AvgIpc) is 2.66. The van der Waals surface area contributed by atoms with E-state index in [1.54, 1.807) is 10.9 Å². The van der Waals surface area contributed by atoms with Crippen LogP contribution < -0.4 is 4.72 Å². The highest BCUT2D eigenvalue weighted by molar-refractivity contribution is 7.90. The molecular formula is C7H12N2O3S2. The van der Waals surface area contributed by atoms with Crippen molar-refractivity contribution in [3.05, 3.63) is 16.6 Å². The van der Waals surface area contributed by atoms with Crippen LogP contribution in [0.15, 0.2) is 10.9 Å². The van der Waals surface area contributed by atoms with Gasteiger partial charge in [0, 0.05) is 5.38 Å². The molecule has 5 nitrogen and oxygen atoms in total. The summed E-state index contributed by atoms with van der Waals surface area (Å²) in [7, 11) is -3.42. The van der Waals surface area contributed by atoms with E-state index in [9.17, 15) is 8.42 Å². The number of rotatable bonds is 5. The van der Waals surface area contributed by atoms with E-state index in [0.717, 1.165) is 0 Å². The summed E-state index contributed by atoms with van der Waals surface area (Å²) in [5, 5.41) is 9.67. The zero-order chi connectivity index (χ0) is 10.6. The molecule has 0 saturated heterocycles. The maximum atomic E-state index is 11.4. The number of nitrogens with one attached hydrogen (secondary N) is 1. The first-order valence-electron chi connectivity index (χ1n) is 4.02. The highest BCUT2D eigenvalue weighted by atomic mass is 32.2. The molecule has 0 fully saturated rings. The largest absolute Gasteiger partial charge is 0.395 e. The molecule has 1 atom stereocenters. The van der Waals surface area contributed by atoms with Gasteiger partial charge >= 0.3 is 0 Å². The van der Waals surface area contributed by atoms with Gasteiger partial charge in [-0.1, -0.05) is 0 Å². The van der Waals surface area contributed by atoms with Crippen molar-refractivity contribution >= 4 is 21.4 Å². The summed E-state index contributed by atoms with van der Waals surface area (Å²) in [4.78, 5) is 3.93. The maximum Gasteiger partial charge on any atom is 0.216 e. The summed E-state index contributed by atoms with van der Waals surface area (Å²) in [6.45, 7) is 1.24. The molecule has 0 spiro atoms. The van der Waals surface area contributed by atoms with Crippen molar-refractivity contribution in [1.82, 2.24) is 9.71 Å². The number of hydrogen-bond acceptors (Lipinski definition) is 5. The molecule has 0 aliphatic rings. The van der Waals surface area contributed by atoms with Gasteiger partial charge in [-0.15, -0.1) is 11.3 Å². The van der Waals surface area contributed by atoms with Crippen LogP contribution in [0.1, 0.15) is 12.6 Å². The highest BCUT2D eigenvalue weighted by Crippen LogP contribution is 2.03. The Morgan fingerprint density at radius 2 is 2.43 bits per heavy atom. The van der Waals surface area contributed by atoms with Gasteiger partial charge in [0.25, 0.3) is 0 Å². The van der Waals surface area contributed by atoms with Gasteiger partial charge in [-0.2, -0.15) is 0 Å². The third kappa shape index (κ3) is 3.02. The van der Waals surface area contributed by atoms with E-state index in [1.165, 1.54) is 18.3 Å². The summed E-state index contributed by atoms with van der Waals surface area (Å²) in [5.74, 6) is 0. The fourth-order valence-electron chi connectivity index (χ4n) is 0.740. The molecule has 0 aromatic carbocycles. The Hall–Kier alpha value is -0.500. The summed E-state index contributed by atoms with van der Waals surface area (Å²) in [6, 6.07) is 0. The molecule has 1 aromatic rings. The van der Waals surface area contributed by atoms with E-state index in [0.29, 0.717) is 5.69 Å². The van der Waals surface area contributed by atoms with E-state index < -0.39 is 15.3 Å². The van der Waals surface area contributed by atoms with Gasteiger partial charge in [0.15, 0.2) is 0 Å². The number of aliphatic hydroxyl groups is 1. The number of aliphatic hydroxyl groups excluding tert-OH is 1. The summed E-state index contributed by atoms with van der Waals surface area (Å²) in [6.07, 6.45) is 0. The molecule has 0 radical (unpaired) electrons. The number of nitrogens with zero attached hydrogens (tertiary/aromatic N) is 1. The van der Waals surface area contributed by atoms with Crippen LogP contribution in [-0.4, -0.2) is 30.4 Å². The van der Waals surface area contributed by atoms with Crippen molar-refractivity contribution in [3.63, 3.8) is 0 Å². The predicted octanol–water partition coefficient (Wildman–Crippen LogP) is -0.0567. The van der Waals surface area contributed by atoms with Crippen LogP contribution in [0.25, 0.3) is 0 Å². The van der Waals surface area contributed by atoms with E-state index in [-0.39, 0.29) is 13.2 Å². The molecule has 0 amide bonds. The van der Waals surface area contributed by atoms with Crippen molar-refractivity contribution in [3.8, 4) is 0 Å². The number of sulfonamides is 1. The lowest BCUT2D eigenvalue weighted by atomic mass is 10.5.